The van der Waals surface area contributed by atoms with Gasteiger partial charge in [0.1, 0.15) is 6.04 Å². The molecule has 1 amide bonds. The van der Waals surface area contributed by atoms with Crippen molar-refractivity contribution >= 4 is 24.3 Å². The summed E-state index contributed by atoms with van der Waals surface area (Å²) in [5, 5.41) is 12.0. The number of carbonyl (C=O) groups is 2. The zero-order valence-electron chi connectivity index (χ0n) is 11.5. The SMILES string of the molecule is CC(C(=O)O)N(C)CC(=O)NC(C1CC1)C1CC1.Cl. The van der Waals surface area contributed by atoms with Crippen LogP contribution in [0.1, 0.15) is 32.6 Å². The van der Waals surface area contributed by atoms with E-state index >= 15 is 0 Å². The van der Waals surface area contributed by atoms with E-state index < -0.39 is 12.0 Å². The van der Waals surface area contributed by atoms with Gasteiger partial charge in [-0.05, 0) is 51.5 Å². The number of hydrogen-bond acceptors (Lipinski definition) is 3. The highest BCUT2D eigenvalue weighted by Gasteiger charge is 2.42. The Morgan fingerprint density at radius 2 is 1.74 bits per heavy atom. The summed E-state index contributed by atoms with van der Waals surface area (Å²) in [5.41, 5.74) is 0. The molecule has 2 fully saturated rings. The van der Waals surface area contributed by atoms with Gasteiger partial charge in [-0.2, -0.15) is 0 Å². The Morgan fingerprint density at radius 1 is 1.26 bits per heavy atom. The number of nitrogens with one attached hydrogen (secondary N) is 1. The fourth-order valence-electron chi connectivity index (χ4n) is 2.31. The standard InChI is InChI=1S/C13H22N2O3.ClH/c1-8(13(17)18)15(2)7-11(16)14-12(9-3-4-9)10-5-6-10;/h8-10,12H,3-7H2,1-2H3,(H,14,16)(H,17,18);1H. The Balaban J connectivity index is 0.00000180. The number of aliphatic carboxylic acids is 1. The molecule has 0 saturated heterocycles. The Kier molecular flexibility index (Phi) is 5.62. The molecule has 0 bridgehead atoms. The van der Waals surface area contributed by atoms with Crippen molar-refractivity contribution in [3.8, 4) is 0 Å². The topological polar surface area (TPSA) is 69.6 Å². The lowest BCUT2D eigenvalue weighted by molar-refractivity contribution is -0.142. The highest BCUT2D eigenvalue weighted by atomic mass is 35.5. The third kappa shape index (κ3) is 4.66. The van der Waals surface area contributed by atoms with Gasteiger partial charge in [-0.25, -0.2) is 0 Å². The van der Waals surface area contributed by atoms with Crippen molar-refractivity contribution in [2.45, 2.75) is 44.7 Å². The highest BCUT2D eigenvalue weighted by molar-refractivity contribution is 5.85. The van der Waals surface area contributed by atoms with Crippen molar-refractivity contribution in [3.63, 3.8) is 0 Å². The van der Waals surface area contributed by atoms with Crippen LogP contribution in [0.3, 0.4) is 0 Å². The summed E-state index contributed by atoms with van der Waals surface area (Å²) in [5.74, 6) is 0.396. The van der Waals surface area contributed by atoms with Crippen LogP contribution < -0.4 is 5.32 Å². The summed E-state index contributed by atoms with van der Waals surface area (Å²) in [4.78, 5) is 24.3. The Labute approximate surface area is 120 Å². The lowest BCUT2D eigenvalue weighted by Gasteiger charge is -2.23. The first-order chi connectivity index (χ1) is 8.49. The van der Waals surface area contributed by atoms with Gasteiger partial charge in [0.15, 0.2) is 0 Å². The van der Waals surface area contributed by atoms with Crippen molar-refractivity contribution in [3.05, 3.63) is 0 Å². The summed E-state index contributed by atoms with van der Waals surface area (Å²) in [6.07, 6.45) is 4.90. The van der Waals surface area contributed by atoms with E-state index in [1.54, 1.807) is 18.9 Å². The molecule has 2 saturated carbocycles. The smallest absolute Gasteiger partial charge is 0.320 e. The first-order valence-corrected chi connectivity index (χ1v) is 6.71. The second-order valence-corrected chi connectivity index (χ2v) is 5.70. The van der Waals surface area contributed by atoms with Crippen LogP contribution in [0.4, 0.5) is 0 Å². The Bertz CT molecular complexity index is 331. The van der Waals surface area contributed by atoms with Crippen LogP contribution in [0.5, 0.6) is 0 Å². The number of rotatable bonds is 7. The third-order valence-corrected chi connectivity index (χ3v) is 4.00. The number of amides is 1. The average molecular weight is 291 g/mol. The lowest BCUT2D eigenvalue weighted by Crippen LogP contribution is -2.46. The number of carboxylic acids is 1. The average Bonchev–Trinajstić information content (AvgIpc) is 3.16. The molecule has 0 aromatic rings. The predicted octanol–water partition coefficient (Wildman–Crippen LogP) is 1.12. The first-order valence-electron chi connectivity index (χ1n) is 6.71. The molecule has 0 radical (unpaired) electrons. The molecule has 1 atom stereocenters. The van der Waals surface area contributed by atoms with Gasteiger partial charge in [0, 0.05) is 6.04 Å². The number of hydrogen-bond donors (Lipinski definition) is 2. The summed E-state index contributed by atoms with van der Waals surface area (Å²) < 4.78 is 0. The zero-order valence-corrected chi connectivity index (χ0v) is 12.3. The molecule has 0 heterocycles. The predicted molar refractivity (Wildman–Crippen MR) is 74.4 cm³/mol. The molecule has 2 aliphatic carbocycles. The van der Waals surface area contributed by atoms with Crippen LogP contribution in [0.2, 0.25) is 0 Å². The first kappa shape index (κ1) is 16.2. The monoisotopic (exact) mass is 290 g/mol. The molecule has 0 spiro atoms. The van der Waals surface area contributed by atoms with Gasteiger partial charge in [-0.3, -0.25) is 14.5 Å². The fraction of sp³-hybridized carbons (Fsp3) is 0.846. The minimum Gasteiger partial charge on any atom is -0.480 e. The lowest BCUT2D eigenvalue weighted by atomic mass is 10.1. The second-order valence-electron chi connectivity index (χ2n) is 5.70. The van der Waals surface area contributed by atoms with Crippen LogP contribution in [0.25, 0.3) is 0 Å². The molecule has 6 heteroatoms. The summed E-state index contributed by atoms with van der Waals surface area (Å²) in [6.45, 7) is 1.75. The number of carbonyl (C=O) groups excluding carboxylic acids is 1. The van der Waals surface area contributed by atoms with Crippen LogP contribution in [-0.4, -0.2) is 47.6 Å². The molecule has 2 N–H and O–H groups in total. The molecule has 0 aromatic carbocycles. The van der Waals surface area contributed by atoms with Crippen molar-refractivity contribution in [1.29, 1.82) is 0 Å². The number of halogens is 1. The molecule has 5 nitrogen and oxygen atoms in total. The van der Waals surface area contributed by atoms with E-state index in [2.05, 4.69) is 5.32 Å². The van der Waals surface area contributed by atoms with Crippen molar-refractivity contribution in [1.82, 2.24) is 10.2 Å². The maximum atomic E-state index is 11.9. The number of nitrogens with zero attached hydrogens (tertiary/aromatic N) is 1. The molecule has 19 heavy (non-hydrogen) atoms. The van der Waals surface area contributed by atoms with Gasteiger partial charge in [-0.1, -0.05) is 0 Å². The minimum atomic E-state index is -0.897. The quantitative estimate of drug-likeness (QED) is 0.737. The third-order valence-electron chi connectivity index (χ3n) is 4.00. The van der Waals surface area contributed by atoms with E-state index in [1.165, 1.54) is 25.7 Å². The van der Waals surface area contributed by atoms with Crippen LogP contribution in [-0.2, 0) is 9.59 Å². The molecule has 0 aliphatic heterocycles. The second kappa shape index (κ2) is 6.57. The van der Waals surface area contributed by atoms with Crippen LogP contribution in [0, 0.1) is 11.8 Å². The van der Waals surface area contributed by atoms with Gasteiger partial charge in [-0.15, -0.1) is 12.4 Å². The number of likely N-dealkylation sites (N-methyl/N-ethyl adjacent to an activating group) is 1. The van der Waals surface area contributed by atoms with E-state index in [1.807, 2.05) is 0 Å². The van der Waals surface area contributed by atoms with Crippen LogP contribution in [0.15, 0.2) is 0 Å². The van der Waals surface area contributed by atoms with E-state index in [0.717, 1.165) is 0 Å². The summed E-state index contributed by atoms with van der Waals surface area (Å²) in [6, 6.07) is -0.290. The van der Waals surface area contributed by atoms with Gasteiger partial charge in [0.05, 0.1) is 6.54 Å². The molecular weight excluding hydrogens is 268 g/mol. The molecule has 2 rings (SSSR count). The molecule has 2 aliphatic rings. The molecule has 0 aromatic heterocycles. The molecular formula is C13H23ClN2O3. The van der Waals surface area contributed by atoms with E-state index in [0.29, 0.717) is 17.9 Å². The van der Waals surface area contributed by atoms with Crippen LogP contribution >= 0.6 is 12.4 Å². The van der Waals surface area contributed by atoms with E-state index in [4.69, 9.17) is 5.11 Å². The largest absolute Gasteiger partial charge is 0.480 e. The minimum absolute atomic E-state index is 0. The maximum absolute atomic E-state index is 11.9. The van der Waals surface area contributed by atoms with E-state index in [9.17, 15) is 9.59 Å². The maximum Gasteiger partial charge on any atom is 0.320 e. The fourth-order valence-corrected chi connectivity index (χ4v) is 2.31. The summed E-state index contributed by atoms with van der Waals surface area (Å²) >= 11 is 0. The van der Waals surface area contributed by atoms with Gasteiger partial charge >= 0.3 is 5.97 Å². The Hall–Kier alpha value is -0.810. The van der Waals surface area contributed by atoms with Crippen molar-refractivity contribution < 1.29 is 14.7 Å². The molecule has 1 unspecified atom stereocenters. The van der Waals surface area contributed by atoms with Gasteiger partial charge in [0.25, 0.3) is 0 Å². The van der Waals surface area contributed by atoms with E-state index in [-0.39, 0.29) is 24.9 Å². The van der Waals surface area contributed by atoms with Gasteiger partial charge < -0.3 is 10.4 Å². The number of carboxylic acid groups (broad SMARTS) is 1. The highest BCUT2D eigenvalue weighted by Crippen LogP contribution is 2.44. The Morgan fingerprint density at radius 3 is 2.11 bits per heavy atom. The van der Waals surface area contributed by atoms with Crippen molar-refractivity contribution in [2.24, 2.45) is 11.8 Å². The van der Waals surface area contributed by atoms with Crippen molar-refractivity contribution in [2.75, 3.05) is 13.6 Å². The zero-order chi connectivity index (χ0) is 13.3. The van der Waals surface area contributed by atoms with Gasteiger partial charge in [0.2, 0.25) is 5.91 Å². The normalized spacial score (nSPS) is 20.0. The summed E-state index contributed by atoms with van der Waals surface area (Å²) in [7, 11) is 1.67. The molecule has 110 valence electrons.